The van der Waals surface area contributed by atoms with Crippen LogP contribution in [-0.4, -0.2) is 24.6 Å². The molecule has 3 heteroatoms. The van der Waals surface area contributed by atoms with E-state index in [0.717, 1.165) is 18.9 Å². The third kappa shape index (κ3) is 3.98. The zero-order valence-corrected chi connectivity index (χ0v) is 12.6. The van der Waals surface area contributed by atoms with Crippen molar-refractivity contribution in [2.75, 3.05) is 18.5 Å². The molecule has 1 unspecified atom stereocenters. The van der Waals surface area contributed by atoms with Gasteiger partial charge >= 0.3 is 0 Å². The van der Waals surface area contributed by atoms with E-state index in [0.29, 0.717) is 6.04 Å². The highest BCUT2D eigenvalue weighted by molar-refractivity contribution is 5.41. The van der Waals surface area contributed by atoms with Gasteiger partial charge in [-0.3, -0.25) is 0 Å². The van der Waals surface area contributed by atoms with Crippen molar-refractivity contribution in [1.29, 1.82) is 0 Å². The van der Waals surface area contributed by atoms with Crippen molar-refractivity contribution >= 4 is 5.82 Å². The molecule has 0 aliphatic heterocycles. The van der Waals surface area contributed by atoms with Crippen LogP contribution >= 0.6 is 0 Å². The van der Waals surface area contributed by atoms with Gasteiger partial charge in [-0.15, -0.1) is 0 Å². The Kier molecular flexibility index (Phi) is 5.15. The molecular weight excluding hydrogens is 222 g/mol. The van der Waals surface area contributed by atoms with Gasteiger partial charge < -0.3 is 10.2 Å². The van der Waals surface area contributed by atoms with Crippen LogP contribution in [0.25, 0.3) is 0 Å². The maximum absolute atomic E-state index is 4.48. The first-order chi connectivity index (χ1) is 8.36. The zero-order chi connectivity index (χ0) is 13.8. The Labute approximate surface area is 112 Å². The number of anilines is 1. The summed E-state index contributed by atoms with van der Waals surface area (Å²) in [6.45, 7) is 13.0. The number of rotatable bonds is 5. The predicted molar refractivity (Wildman–Crippen MR) is 78.9 cm³/mol. The fourth-order valence-electron chi connectivity index (χ4n) is 1.81. The maximum atomic E-state index is 4.48. The summed E-state index contributed by atoms with van der Waals surface area (Å²) in [6, 6.07) is 4.69. The van der Waals surface area contributed by atoms with E-state index in [-0.39, 0.29) is 5.41 Å². The molecule has 0 aromatic carbocycles. The minimum absolute atomic E-state index is 0.244. The van der Waals surface area contributed by atoms with Gasteiger partial charge in [-0.05, 0) is 36.6 Å². The van der Waals surface area contributed by atoms with Gasteiger partial charge in [0, 0.05) is 25.8 Å². The van der Waals surface area contributed by atoms with Crippen molar-refractivity contribution in [2.24, 2.45) is 5.41 Å². The van der Waals surface area contributed by atoms with Crippen molar-refractivity contribution < 1.29 is 0 Å². The molecule has 0 aliphatic rings. The topological polar surface area (TPSA) is 28.2 Å². The van der Waals surface area contributed by atoms with Crippen LogP contribution in [0.5, 0.6) is 0 Å². The number of hydrogen-bond donors (Lipinski definition) is 1. The first-order valence-corrected chi connectivity index (χ1v) is 6.74. The van der Waals surface area contributed by atoms with E-state index in [4.69, 9.17) is 0 Å². The number of pyridine rings is 1. The van der Waals surface area contributed by atoms with Gasteiger partial charge in [0.25, 0.3) is 0 Å². The Balaban J connectivity index is 2.82. The first-order valence-electron chi connectivity index (χ1n) is 6.74. The molecule has 0 aliphatic carbocycles. The summed E-state index contributed by atoms with van der Waals surface area (Å²) in [5, 5.41) is 3.34. The molecule has 1 N–H and O–H groups in total. The van der Waals surface area contributed by atoms with E-state index >= 15 is 0 Å². The average Bonchev–Trinajstić information content (AvgIpc) is 2.33. The Morgan fingerprint density at radius 2 is 2.06 bits per heavy atom. The summed E-state index contributed by atoms with van der Waals surface area (Å²) < 4.78 is 0. The van der Waals surface area contributed by atoms with Crippen LogP contribution in [0.4, 0.5) is 5.82 Å². The third-order valence-corrected chi connectivity index (χ3v) is 3.58. The Morgan fingerprint density at radius 1 is 1.39 bits per heavy atom. The second kappa shape index (κ2) is 6.19. The van der Waals surface area contributed by atoms with Crippen molar-refractivity contribution in [3.8, 4) is 0 Å². The maximum Gasteiger partial charge on any atom is 0.128 e. The van der Waals surface area contributed by atoms with Crippen LogP contribution < -0.4 is 10.2 Å². The lowest BCUT2D eigenvalue weighted by Crippen LogP contribution is -2.39. The summed E-state index contributed by atoms with van der Waals surface area (Å²) in [6.07, 6.45) is 1.90. The molecule has 3 nitrogen and oxygen atoms in total. The van der Waals surface area contributed by atoms with Gasteiger partial charge in [0.1, 0.15) is 5.82 Å². The van der Waals surface area contributed by atoms with E-state index < -0.39 is 0 Å². The summed E-state index contributed by atoms with van der Waals surface area (Å²) in [4.78, 5) is 6.74. The molecule has 0 fully saturated rings. The summed E-state index contributed by atoms with van der Waals surface area (Å²) >= 11 is 0. The lowest BCUT2D eigenvalue weighted by Gasteiger charge is -2.36. The largest absolute Gasteiger partial charge is 0.356 e. The van der Waals surface area contributed by atoms with Crippen LogP contribution in [0.1, 0.15) is 40.2 Å². The molecule has 18 heavy (non-hydrogen) atoms. The fraction of sp³-hybridized carbons (Fsp3) is 0.667. The van der Waals surface area contributed by atoms with Gasteiger partial charge in [-0.1, -0.05) is 27.7 Å². The van der Waals surface area contributed by atoms with Crippen molar-refractivity contribution in [2.45, 2.75) is 47.2 Å². The normalized spacial score (nSPS) is 13.4. The van der Waals surface area contributed by atoms with Crippen LogP contribution in [0.3, 0.4) is 0 Å². The molecule has 0 saturated heterocycles. The molecule has 0 amide bonds. The second-order valence-electron chi connectivity index (χ2n) is 5.96. The molecule has 1 aromatic rings. The van der Waals surface area contributed by atoms with E-state index in [1.54, 1.807) is 0 Å². The lowest BCUT2D eigenvalue weighted by molar-refractivity contribution is 0.328. The van der Waals surface area contributed by atoms with Crippen LogP contribution in [0.2, 0.25) is 0 Å². The number of aromatic nitrogens is 1. The van der Waals surface area contributed by atoms with Crippen molar-refractivity contribution in [3.05, 3.63) is 23.9 Å². The third-order valence-electron chi connectivity index (χ3n) is 3.58. The molecule has 1 atom stereocenters. The average molecular weight is 249 g/mol. The number of hydrogen-bond acceptors (Lipinski definition) is 3. The molecule has 0 bridgehead atoms. The Morgan fingerprint density at radius 3 is 2.61 bits per heavy atom. The highest BCUT2D eigenvalue weighted by Crippen LogP contribution is 2.26. The second-order valence-corrected chi connectivity index (χ2v) is 5.96. The van der Waals surface area contributed by atoms with Crippen LogP contribution in [-0.2, 0) is 6.54 Å². The molecule has 0 radical (unpaired) electrons. The highest BCUT2D eigenvalue weighted by Gasteiger charge is 2.24. The minimum atomic E-state index is 0.244. The number of nitrogens with zero attached hydrogens (tertiary/aromatic N) is 2. The monoisotopic (exact) mass is 249 g/mol. The van der Waals surface area contributed by atoms with Crippen molar-refractivity contribution in [1.82, 2.24) is 10.3 Å². The molecule has 102 valence electrons. The highest BCUT2D eigenvalue weighted by atomic mass is 15.2. The van der Waals surface area contributed by atoms with E-state index in [1.165, 1.54) is 5.56 Å². The molecule has 1 aromatic heterocycles. The van der Waals surface area contributed by atoms with E-state index in [1.807, 2.05) is 6.20 Å². The Hall–Kier alpha value is -1.09. The zero-order valence-electron chi connectivity index (χ0n) is 12.6. The summed E-state index contributed by atoms with van der Waals surface area (Å²) in [5.41, 5.74) is 1.53. The van der Waals surface area contributed by atoms with E-state index in [9.17, 15) is 0 Å². The molecule has 0 saturated carbocycles. The van der Waals surface area contributed by atoms with E-state index in [2.05, 4.69) is 69.0 Å². The quantitative estimate of drug-likeness (QED) is 0.869. The predicted octanol–water partition coefficient (Wildman–Crippen LogP) is 3.06. The SMILES string of the molecule is CCNCc1ccnc(N(C)C(C)C(C)(C)C)c1. The smallest absolute Gasteiger partial charge is 0.128 e. The number of nitrogens with one attached hydrogen (secondary N) is 1. The summed E-state index contributed by atoms with van der Waals surface area (Å²) in [5.74, 6) is 1.05. The molecule has 1 rings (SSSR count). The van der Waals surface area contributed by atoms with Gasteiger partial charge in [0.15, 0.2) is 0 Å². The standard InChI is InChI=1S/C15H27N3/c1-7-16-11-13-8-9-17-14(10-13)18(6)12(2)15(3,4)5/h8-10,12,16H,7,11H2,1-6H3. The first kappa shape index (κ1) is 15.0. The minimum Gasteiger partial charge on any atom is -0.356 e. The fourth-order valence-corrected chi connectivity index (χ4v) is 1.81. The van der Waals surface area contributed by atoms with Crippen LogP contribution in [0, 0.1) is 5.41 Å². The molecular formula is C15H27N3. The van der Waals surface area contributed by atoms with Crippen LogP contribution in [0.15, 0.2) is 18.3 Å². The lowest BCUT2D eigenvalue weighted by atomic mass is 9.87. The van der Waals surface area contributed by atoms with Gasteiger partial charge in [-0.25, -0.2) is 4.98 Å². The Bertz CT molecular complexity index is 368. The molecule has 1 heterocycles. The summed E-state index contributed by atoms with van der Waals surface area (Å²) in [7, 11) is 2.12. The van der Waals surface area contributed by atoms with Gasteiger partial charge in [-0.2, -0.15) is 0 Å². The van der Waals surface area contributed by atoms with Gasteiger partial charge in [0.05, 0.1) is 0 Å². The molecule has 0 spiro atoms. The van der Waals surface area contributed by atoms with Crippen molar-refractivity contribution in [3.63, 3.8) is 0 Å². The van der Waals surface area contributed by atoms with Gasteiger partial charge in [0.2, 0.25) is 0 Å².